The SMILES string of the molecule is CC(C)(C)OC(=O)N1CCCOc2ccc(cc2)CNc2nc(nc(OCC(F)(F)F)n2)Nc2ccc(cc2)C(=O)NCC1. The van der Waals surface area contributed by atoms with E-state index in [4.69, 9.17) is 14.2 Å². The first-order valence-electron chi connectivity index (χ1n) is 13.9. The van der Waals surface area contributed by atoms with E-state index in [1.807, 2.05) is 12.1 Å². The Hall–Kier alpha value is -4.82. The van der Waals surface area contributed by atoms with Gasteiger partial charge in [0.05, 0.1) is 6.61 Å². The molecule has 0 fully saturated rings. The summed E-state index contributed by atoms with van der Waals surface area (Å²) in [6, 6.07) is 12.9. The summed E-state index contributed by atoms with van der Waals surface area (Å²) in [7, 11) is 0. The second-order valence-corrected chi connectivity index (χ2v) is 10.8. The molecule has 2 amide bonds. The van der Waals surface area contributed by atoms with Gasteiger partial charge in [-0.05, 0) is 69.2 Å². The van der Waals surface area contributed by atoms with Crippen molar-refractivity contribution in [1.29, 1.82) is 0 Å². The zero-order valence-electron chi connectivity index (χ0n) is 24.5. The minimum Gasteiger partial charge on any atom is -0.494 e. The minimum absolute atomic E-state index is 0.0102. The van der Waals surface area contributed by atoms with Gasteiger partial charge in [-0.2, -0.15) is 28.1 Å². The summed E-state index contributed by atoms with van der Waals surface area (Å²) in [4.78, 5) is 39.2. The van der Waals surface area contributed by atoms with Gasteiger partial charge < -0.3 is 35.1 Å². The fourth-order valence-corrected chi connectivity index (χ4v) is 3.89. The quantitative estimate of drug-likeness (QED) is 0.363. The summed E-state index contributed by atoms with van der Waals surface area (Å²) in [5.41, 5.74) is 0.962. The van der Waals surface area contributed by atoms with E-state index in [9.17, 15) is 22.8 Å². The van der Waals surface area contributed by atoms with Crippen LogP contribution in [0.15, 0.2) is 48.5 Å². The molecule has 0 unspecified atom stereocenters. The van der Waals surface area contributed by atoms with Crippen LogP contribution in [0.2, 0.25) is 0 Å². The number of carbonyl (C=O) groups is 2. The van der Waals surface area contributed by atoms with E-state index in [1.165, 1.54) is 4.90 Å². The van der Waals surface area contributed by atoms with E-state index in [0.29, 0.717) is 36.6 Å². The predicted molar refractivity (Wildman–Crippen MR) is 155 cm³/mol. The number of ether oxygens (including phenoxy) is 3. The molecule has 0 radical (unpaired) electrons. The van der Waals surface area contributed by atoms with Crippen LogP contribution in [0.3, 0.4) is 0 Å². The van der Waals surface area contributed by atoms with Gasteiger partial charge in [-0.25, -0.2) is 4.79 Å². The first-order chi connectivity index (χ1) is 20.8. The maximum absolute atomic E-state index is 12.8. The first kappa shape index (κ1) is 32.1. The lowest BCUT2D eigenvalue weighted by molar-refractivity contribution is -0.154. The molecule has 12 nitrogen and oxygen atoms in total. The molecule has 0 spiro atoms. The van der Waals surface area contributed by atoms with Gasteiger partial charge in [0, 0.05) is 37.4 Å². The van der Waals surface area contributed by atoms with Crippen LogP contribution >= 0.6 is 0 Å². The van der Waals surface area contributed by atoms with E-state index in [-0.39, 0.29) is 37.4 Å². The van der Waals surface area contributed by atoms with E-state index < -0.39 is 30.5 Å². The molecule has 3 N–H and O–H groups in total. The molecule has 44 heavy (non-hydrogen) atoms. The molecule has 1 aromatic heterocycles. The Bertz CT molecular complexity index is 1410. The van der Waals surface area contributed by atoms with Crippen molar-refractivity contribution in [2.75, 3.05) is 43.5 Å². The minimum atomic E-state index is -4.58. The van der Waals surface area contributed by atoms with E-state index in [1.54, 1.807) is 57.2 Å². The van der Waals surface area contributed by atoms with Gasteiger partial charge in [-0.1, -0.05) is 12.1 Å². The van der Waals surface area contributed by atoms with Crippen LogP contribution in [0, 0.1) is 0 Å². The van der Waals surface area contributed by atoms with E-state index in [0.717, 1.165) is 5.56 Å². The number of rotatable bonds is 2. The molecule has 0 atom stereocenters. The fourth-order valence-electron chi connectivity index (χ4n) is 3.89. The lowest BCUT2D eigenvalue weighted by atomic mass is 10.2. The normalized spacial score (nSPS) is 15.0. The van der Waals surface area contributed by atoms with Gasteiger partial charge in [-0.15, -0.1) is 0 Å². The van der Waals surface area contributed by atoms with Gasteiger partial charge in [0.1, 0.15) is 11.4 Å². The Kier molecular flexibility index (Phi) is 10.3. The third kappa shape index (κ3) is 10.5. The second-order valence-electron chi connectivity index (χ2n) is 10.8. The number of carbonyl (C=O) groups excluding carboxylic acids is 2. The third-order valence-electron chi connectivity index (χ3n) is 5.92. The summed E-state index contributed by atoms with van der Waals surface area (Å²) < 4.78 is 54.5. The molecule has 0 saturated carbocycles. The molecule has 5 heterocycles. The highest BCUT2D eigenvalue weighted by Crippen LogP contribution is 2.21. The van der Waals surface area contributed by atoms with Gasteiger partial charge in [0.25, 0.3) is 5.91 Å². The van der Waals surface area contributed by atoms with Crippen molar-refractivity contribution in [2.45, 2.75) is 45.5 Å². The monoisotopic (exact) mass is 617 g/mol. The molecular formula is C29H34F3N7O5. The Morgan fingerprint density at radius 1 is 0.955 bits per heavy atom. The highest BCUT2D eigenvalue weighted by molar-refractivity contribution is 5.94. The van der Waals surface area contributed by atoms with Crippen LogP contribution in [0.4, 0.5) is 35.5 Å². The summed E-state index contributed by atoms with van der Waals surface area (Å²) in [5, 5.41) is 8.66. The molecular weight excluding hydrogens is 583 g/mol. The van der Waals surface area contributed by atoms with Crippen molar-refractivity contribution < 1.29 is 37.0 Å². The summed E-state index contributed by atoms with van der Waals surface area (Å²) >= 11 is 0. The summed E-state index contributed by atoms with van der Waals surface area (Å²) in [6.07, 6.45) is -4.55. The molecule has 4 aliphatic rings. The van der Waals surface area contributed by atoms with Crippen molar-refractivity contribution in [3.63, 3.8) is 0 Å². The molecule has 6 bridgehead atoms. The summed E-state index contributed by atoms with van der Waals surface area (Å²) in [6.45, 7) is 5.12. The number of amides is 2. The Morgan fingerprint density at radius 3 is 2.34 bits per heavy atom. The zero-order valence-corrected chi connectivity index (χ0v) is 24.5. The van der Waals surface area contributed by atoms with Crippen molar-refractivity contribution in [3.8, 4) is 11.8 Å². The van der Waals surface area contributed by atoms with Gasteiger partial charge >= 0.3 is 18.3 Å². The predicted octanol–water partition coefficient (Wildman–Crippen LogP) is 4.92. The van der Waals surface area contributed by atoms with E-state index >= 15 is 0 Å². The number of halogens is 3. The number of alkyl halides is 3. The molecule has 4 aliphatic heterocycles. The fraction of sp³-hybridized carbons (Fsp3) is 0.414. The van der Waals surface area contributed by atoms with Gasteiger partial charge in [-0.3, -0.25) is 4.79 Å². The van der Waals surface area contributed by atoms with Crippen molar-refractivity contribution in [2.24, 2.45) is 0 Å². The lowest BCUT2D eigenvalue weighted by Crippen LogP contribution is -2.42. The third-order valence-corrected chi connectivity index (χ3v) is 5.92. The number of aromatic nitrogens is 3. The molecule has 2 aromatic carbocycles. The maximum atomic E-state index is 12.8. The molecule has 236 valence electrons. The standard InChI is InChI=1S/C29H34F3N7O5/c1-28(2,3)44-27(41)39-14-4-16-42-22-11-5-19(6-12-22)17-34-24-36-25(38-26(37-24)43-18-29(30,31)32)35-21-9-7-20(8-10-21)23(40)33-13-15-39/h5-12H,4,13-18H2,1-3H3,(H,33,40)(H2,34,35,36,37,38). The van der Waals surface area contributed by atoms with Crippen molar-refractivity contribution >= 4 is 29.6 Å². The average Bonchev–Trinajstić information content (AvgIpc) is 2.95. The Morgan fingerprint density at radius 2 is 1.66 bits per heavy atom. The zero-order chi connectivity index (χ0) is 31.7. The van der Waals surface area contributed by atoms with Crippen LogP contribution in [0.1, 0.15) is 43.1 Å². The average molecular weight is 618 g/mol. The number of nitrogens with one attached hydrogen (secondary N) is 3. The number of hydrogen-bond donors (Lipinski definition) is 3. The van der Waals surface area contributed by atoms with Crippen LogP contribution in [-0.2, 0) is 11.3 Å². The van der Waals surface area contributed by atoms with Gasteiger partial charge in [0.15, 0.2) is 6.61 Å². The number of benzene rings is 2. The first-order valence-corrected chi connectivity index (χ1v) is 13.9. The highest BCUT2D eigenvalue weighted by atomic mass is 19.4. The van der Waals surface area contributed by atoms with E-state index in [2.05, 4.69) is 30.9 Å². The van der Waals surface area contributed by atoms with Crippen LogP contribution in [0.5, 0.6) is 11.8 Å². The number of nitrogens with zero attached hydrogens (tertiary/aromatic N) is 4. The molecule has 0 aliphatic carbocycles. The smallest absolute Gasteiger partial charge is 0.422 e. The summed E-state index contributed by atoms with van der Waals surface area (Å²) in [5.74, 6) is 0.174. The number of hydrogen-bond acceptors (Lipinski definition) is 10. The molecule has 15 heteroatoms. The lowest BCUT2D eigenvalue weighted by Gasteiger charge is -2.27. The Labute approximate surface area is 252 Å². The van der Waals surface area contributed by atoms with Crippen LogP contribution in [0.25, 0.3) is 0 Å². The van der Waals surface area contributed by atoms with Gasteiger partial charge in [0.2, 0.25) is 11.9 Å². The topological polar surface area (TPSA) is 140 Å². The van der Waals surface area contributed by atoms with Crippen LogP contribution in [-0.4, -0.2) is 76.5 Å². The second kappa shape index (κ2) is 14.1. The molecule has 0 saturated heterocycles. The highest BCUT2D eigenvalue weighted by Gasteiger charge is 2.29. The van der Waals surface area contributed by atoms with Crippen molar-refractivity contribution in [3.05, 3.63) is 59.7 Å². The number of anilines is 3. The maximum Gasteiger partial charge on any atom is 0.422 e. The molecule has 3 aromatic rings. The van der Waals surface area contributed by atoms with Crippen molar-refractivity contribution in [1.82, 2.24) is 25.2 Å². The molecule has 7 rings (SSSR count). The van der Waals surface area contributed by atoms with Crippen LogP contribution < -0.4 is 25.4 Å². The largest absolute Gasteiger partial charge is 0.494 e. The Balaban J connectivity index is 1.55.